The summed E-state index contributed by atoms with van der Waals surface area (Å²) in [5.41, 5.74) is 0.902. The number of para-hydroxylation sites is 1. The molecule has 1 amide bonds. The van der Waals surface area contributed by atoms with Gasteiger partial charge in [0.1, 0.15) is 11.9 Å². The zero-order valence-electron chi connectivity index (χ0n) is 13.4. The van der Waals surface area contributed by atoms with Gasteiger partial charge in [0.25, 0.3) is 5.56 Å². The monoisotopic (exact) mass is 390 g/mol. The molecule has 0 bridgehead atoms. The van der Waals surface area contributed by atoms with Crippen LogP contribution in [0.25, 0.3) is 0 Å². The highest BCUT2D eigenvalue weighted by Crippen LogP contribution is 2.25. The molecule has 1 aliphatic rings. The number of fused-ring (bicyclic) bond motifs is 1. The first-order valence-electron chi connectivity index (χ1n) is 7.91. The number of benzene rings is 1. The lowest BCUT2D eigenvalue weighted by molar-refractivity contribution is -0.132. The molecule has 1 aromatic heterocycles. The third-order valence-electron chi connectivity index (χ3n) is 4.01. The number of rotatable bonds is 3. The summed E-state index contributed by atoms with van der Waals surface area (Å²) in [6.07, 6.45) is 1.93. The molecule has 0 aliphatic carbocycles. The first-order chi connectivity index (χ1) is 11.5. The molecule has 126 valence electrons. The van der Waals surface area contributed by atoms with E-state index in [0.29, 0.717) is 19.6 Å². The van der Waals surface area contributed by atoms with Crippen molar-refractivity contribution >= 4 is 21.8 Å². The Kier molecular flexibility index (Phi) is 5.04. The molecule has 24 heavy (non-hydrogen) atoms. The largest absolute Gasteiger partial charge is 0.489 e. The highest BCUT2D eigenvalue weighted by atomic mass is 79.9. The van der Waals surface area contributed by atoms with Crippen LogP contribution in [-0.4, -0.2) is 28.0 Å². The number of aryl methyl sites for hydroxylation is 1. The molecule has 0 radical (unpaired) electrons. The third-order valence-corrected chi connectivity index (χ3v) is 4.48. The van der Waals surface area contributed by atoms with E-state index < -0.39 is 0 Å². The predicted octanol–water partition coefficient (Wildman–Crippen LogP) is 2.81. The minimum Gasteiger partial charge on any atom is -0.489 e. The number of nitrogens with zero attached hydrogens (tertiary/aromatic N) is 2. The van der Waals surface area contributed by atoms with E-state index in [-0.39, 0.29) is 24.0 Å². The van der Waals surface area contributed by atoms with Gasteiger partial charge >= 0.3 is 0 Å². The van der Waals surface area contributed by atoms with Crippen molar-refractivity contribution in [3.05, 3.63) is 63.0 Å². The molecule has 0 saturated heterocycles. The van der Waals surface area contributed by atoms with Crippen LogP contribution in [0.1, 0.15) is 18.9 Å². The highest BCUT2D eigenvalue weighted by molar-refractivity contribution is 9.10. The van der Waals surface area contributed by atoms with Gasteiger partial charge in [-0.3, -0.25) is 9.59 Å². The lowest BCUT2D eigenvalue weighted by atomic mass is 10.2. The van der Waals surface area contributed by atoms with Crippen molar-refractivity contribution in [1.82, 2.24) is 9.47 Å². The number of halogens is 1. The summed E-state index contributed by atoms with van der Waals surface area (Å²) in [7, 11) is 0. The summed E-state index contributed by atoms with van der Waals surface area (Å²) in [6, 6.07) is 11.0. The Morgan fingerprint density at radius 3 is 2.92 bits per heavy atom. The highest BCUT2D eigenvalue weighted by Gasteiger charge is 2.23. The molecule has 1 aromatic carbocycles. The molecular formula is C18H19BrN2O3. The molecule has 6 heteroatoms. The van der Waals surface area contributed by atoms with Gasteiger partial charge in [-0.05, 0) is 35.0 Å². The molecule has 2 aromatic rings. The maximum atomic E-state index is 12.6. The predicted molar refractivity (Wildman–Crippen MR) is 95.0 cm³/mol. The van der Waals surface area contributed by atoms with Gasteiger partial charge in [-0.15, -0.1) is 0 Å². The maximum absolute atomic E-state index is 12.6. The van der Waals surface area contributed by atoms with Gasteiger partial charge in [0, 0.05) is 41.8 Å². The average molecular weight is 391 g/mol. The summed E-state index contributed by atoms with van der Waals surface area (Å²) in [5, 5.41) is 0. The fraction of sp³-hybridized carbons (Fsp3) is 0.333. The Bertz CT molecular complexity index is 803. The number of aromatic nitrogens is 1. The van der Waals surface area contributed by atoms with Gasteiger partial charge in [-0.25, -0.2) is 0 Å². The lowest BCUT2D eigenvalue weighted by Gasteiger charge is -2.22. The molecule has 0 spiro atoms. The van der Waals surface area contributed by atoms with Crippen LogP contribution >= 0.6 is 15.9 Å². The second-order valence-corrected chi connectivity index (χ2v) is 6.86. The lowest BCUT2D eigenvalue weighted by Crippen LogP contribution is -2.36. The normalized spacial score (nSPS) is 16.9. The van der Waals surface area contributed by atoms with Crippen LogP contribution < -0.4 is 10.3 Å². The summed E-state index contributed by atoms with van der Waals surface area (Å²) in [5.74, 6) is 0.859. The van der Waals surface area contributed by atoms with Gasteiger partial charge in [0.2, 0.25) is 5.91 Å². The van der Waals surface area contributed by atoms with Crippen LogP contribution in [0, 0.1) is 0 Å². The van der Waals surface area contributed by atoms with E-state index in [2.05, 4.69) is 15.9 Å². The van der Waals surface area contributed by atoms with Gasteiger partial charge in [-0.1, -0.05) is 18.2 Å². The number of hydrogen-bond acceptors (Lipinski definition) is 3. The average Bonchev–Trinajstić information content (AvgIpc) is 2.73. The summed E-state index contributed by atoms with van der Waals surface area (Å²) in [6.45, 7) is 3.40. The van der Waals surface area contributed by atoms with Crippen molar-refractivity contribution in [1.29, 1.82) is 0 Å². The molecular weight excluding hydrogens is 372 g/mol. The van der Waals surface area contributed by atoms with Crippen molar-refractivity contribution in [3.63, 3.8) is 0 Å². The molecule has 1 unspecified atom stereocenters. The first kappa shape index (κ1) is 16.8. The van der Waals surface area contributed by atoms with Gasteiger partial charge in [0.05, 0.1) is 6.54 Å². The van der Waals surface area contributed by atoms with E-state index in [1.54, 1.807) is 21.7 Å². The zero-order chi connectivity index (χ0) is 17.1. The first-order valence-corrected chi connectivity index (χ1v) is 8.70. The van der Waals surface area contributed by atoms with E-state index in [1.165, 1.54) is 6.07 Å². The number of hydrogen-bond donors (Lipinski definition) is 0. The topological polar surface area (TPSA) is 51.5 Å². The molecule has 0 fully saturated rings. The van der Waals surface area contributed by atoms with Crippen molar-refractivity contribution in [2.75, 3.05) is 6.54 Å². The Balaban J connectivity index is 1.70. The summed E-state index contributed by atoms with van der Waals surface area (Å²) < 4.78 is 8.25. The van der Waals surface area contributed by atoms with Crippen LogP contribution in [0.15, 0.2) is 51.9 Å². The quantitative estimate of drug-likeness (QED) is 0.809. The van der Waals surface area contributed by atoms with Crippen LogP contribution in [0.3, 0.4) is 0 Å². The minimum absolute atomic E-state index is 0.0222. The number of carbonyl (C=O) groups excluding carboxylic acids is 1. The fourth-order valence-electron chi connectivity index (χ4n) is 2.83. The number of ether oxygens (including phenoxy) is 1. The fourth-order valence-corrected chi connectivity index (χ4v) is 3.20. The van der Waals surface area contributed by atoms with Crippen LogP contribution in [0.5, 0.6) is 5.75 Å². The van der Waals surface area contributed by atoms with Crippen molar-refractivity contribution < 1.29 is 9.53 Å². The molecule has 0 saturated carbocycles. The number of amides is 1. The molecule has 3 rings (SSSR count). The van der Waals surface area contributed by atoms with Crippen molar-refractivity contribution in [2.45, 2.75) is 32.5 Å². The number of pyridine rings is 1. The van der Waals surface area contributed by atoms with Gasteiger partial charge in [0.15, 0.2) is 0 Å². The Hall–Kier alpha value is -2.08. The van der Waals surface area contributed by atoms with Crippen LogP contribution in [0.4, 0.5) is 0 Å². The standard InChI is InChI=1S/C18H19BrN2O3/c1-13-10-21(11-14-4-2-3-5-16(14)24-13)18(23)8-9-20-12-15(19)6-7-17(20)22/h2-7,12-13H,8-11H2,1H3. The van der Waals surface area contributed by atoms with Crippen molar-refractivity contribution in [3.8, 4) is 5.75 Å². The van der Waals surface area contributed by atoms with Crippen LogP contribution in [0.2, 0.25) is 0 Å². The second kappa shape index (κ2) is 7.21. The van der Waals surface area contributed by atoms with E-state index in [9.17, 15) is 9.59 Å². The molecule has 1 atom stereocenters. The Labute approximate surface area is 149 Å². The van der Waals surface area contributed by atoms with Gasteiger partial charge in [-0.2, -0.15) is 0 Å². The van der Waals surface area contributed by atoms with E-state index >= 15 is 0 Å². The van der Waals surface area contributed by atoms with E-state index in [4.69, 9.17) is 4.74 Å². The minimum atomic E-state index is -0.107. The van der Waals surface area contributed by atoms with E-state index in [1.807, 2.05) is 31.2 Å². The van der Waals surface area contributed by atoms with Crippen LogP contribution in [-0.2, 0) is 17.9 Å². The SMILES string of the molecule is CC1CN(C(=O)CCn2cc(Br)ccc2=O)Cc2ccccc2O1. The molecule has 2 heterocycles. The summed E-state index contributed by atoms with van der Waals surface area (Å²) >= 11 is 3.34. The number of carbonyl (C=O) groups is 1. The second-order valence-electron chi connectivity index (χ2n) is 5.94. The molecule has 0 N–H and O–H groups in total. The maximum Gasteiger partial charge on any atom is 0.250 e. The third kappa shape index (κ3) is 3.87. The molecule has 5 nitrogen and oxygen atoms in total. The zero-order valence-corrected chi connectivity index (χ0v) is 15.0. The Morgan fingerprint density at radius 2 is 2.08 bits per heavy atom. The van der Waals surface area contributed by atoms with E-state index in [0.717, 1.165) is 15.8 Å². The smallest absolute Gasteiger partial charge is 0.250 e. The molecule has 1 aliphatic heterocycles. The van der Waals surface area contributed by atoms with Crippen molar-refractivity contribution in [2.24, 2.45) is 0 Å². The van der Waals surface area contributed by atoms with Gasteiger partial charge < -0.3 is 14.2 Å². The Morgan fingerprint density at radius 1 is 1.29 bits per heavy atom. The summed E-state index contributed by atoms with van der Waals surface area (Å²) in [4.78, 5) is 26.3.